The second-order valence-electron chi connectivity index (χ2n) is 4.85. The maximum atomic E-state index is 12.1. The highest BCUT2D eigenvalue weighted by Crippen LogP contribution is 2.23. The van der Waals surface area contributed by atoms with E-state index in [1.54, 1.807) is 0 Å². The minimum absolute atomic E-state index is 0.151. The Hall–Kier alpha value is -1.46. The topological polar surface area (TPSA) is 55.4 Å². The minimum atomic E-state index is -1.05. The summed E-state index contributed by atoms with van der Waals surface area (Å²) in [6.07, 6.45) is -1.05. The number of hydrogen-bond donors (Lipinski definition) is 1. The van der Waals surface area contributed by atoms with Crippen LogP contribution in [0.4, 0.5) is 5.69 Å². The second kappa shape index (κ2) is 8.08. The number of rotatable bonds is 4. The number of halogens is 4. The molecule has 2 rings (SSSR count). The van der Waals surface area contributed by atoms with Gasteiger partial charge in [-0.25, -0.2) is 4.79 Å². The molecule has 0 fully saturated rings. The van der Waals surface area contributed by atoms with Crippen molar-refractivity contribution in [3.05, 3.63) is 62.1 Å². The first kappa shape index (κ1) is 18.9. The number of anilines is 1. The average Bonchev–Trinajstić information content (AvgIpc) is 2.44. The first-order chi connectivity index (χ1) is 11.2. The zero-order valence-electron chi connectivity index (χ0n) is 12.3. The van der Waals surface area contributed by atoms with Crippen LogP contribution in [0.3, 0.4) is 0 Å². The summed E-state index contributed by atoms with van der Waals surface area (Å²) in [5.74, 6) is -1.25. The second-order valence-corrected chi connectivity index (χ2v) is 6.60. The van der Waals surface area contributed by atoms with Crippen molar-refractivity contribution in [3.63, 3.8) is 0 Å². The van der Waals surface area contributed by atoms with Gasteiger partial charge in [-0.15, -0.1) is 0 Å². The molecule has 1 N–H and O–H groups in total. The highest BCUT2D eigenvalue weighted by Gasteiger charge is 2.20. The fraction of sp³-hybridized carbons (Fsp3) is 0.125. The minimum Gasteiger partial charge on any atom is -0.449 e. The lowest BCUT2D eigenvalue weighted by Crippen LogP contribution is -2.30. The molecule has 0 aliphatic rings. The normalized spacial score (nSPS) is 11.7. The maximum Gasteiger partial charge on any atom is 0.339 e. The molecule has 0 aliphatic heterocycles. The van der Waals surface area contributed by atoms with E-state index in [1.807, 2.05) is 0 Å². The molecule has 8 heteroatoms. The van der Waals surface area contributed by atoms with Crippen LogP contribution in [0.1, 0.15) is 17.3 Å². The largest absolute Gasteiger partial charge is 0.449 e. The fourth-order valence-electron chi connectivity index (χ4n) is 1.82. The molecule has 0 heterocycles. The quantitative estimate of drug-likeness (QED) is 0.683. The molecule has 0 bridgehead atoms. The molecule has 0 radical (unpaired) electrons. The predicted octanol–water partition coefficient (Wildman–Crippen LogP) is 5.48. The van der Waals surface area contributed by atoms with Gasteiger partial charge in [-0.1, -0.05) is 46.4 Å². The summed E-state index contributed by atoms with van der Waals surface area (Å²) in [5.41, 5.74) is 0.546. The molecule has 0 saturated heterocycles. The van der Waals surface area contributed by atoms with Crippen LogP contribution < -0.4 is 5.32 Å². The van der Waals surface area contributed by atoms with Gasteiger partial charge in [0.25, 0.3) is 5.91 Å². The van der Waals surface area contributed by atoms with Gasteiger partial charge in [0.05, 0.1) is 5.56 Å². The van der Waals surface area contributed by atoms with E-state index < -0.39 is 18.0 Å². The molecule has 0 unspecified atom stereocenters. The zero-order chi connectivity index (χ0) is 17.9. The monoisotopic (exact) mass is 405 g/mol. The first-order valence-corrected chi connectivity index (χ1v) is 8.20. The summed E-state index contributed by atoms with van der Waals surface area (Å²) in [6, 6.07) is 8.87. The maximum absolute atomic E-state index is 12.1. The lowest BCUT2D eigenvalue weighted by atomic mass is 10.2. The Kier molecular flexibility index (Phi) is 6.35. The molecular weight excluding hydrogens is 396 g/mol. The van der Waals surface area contributed by atoms with E-state index in [0.717, 1.165) is 0 Å². The van der Waals surface area contributed by atoms with E-state index >= 15 is 0 Å². The number of carbonyl (C=O) groups is 2. The van der Waals surface area contributed by atoms with Crippen molar-refractivity contribution in [2.24, 2.45) is 0 Å². The highest BCUT2D eigenvalue weighted by molar-refractivity contribution is 6.35. The fourth-order valence-corrected chi connectivity index (χ4v) is 2.88. The standard InChI is InChI=1S/C16H11Cl4NO3/c1-8(15(22)21-14-6-12(19)5-13(20)7-14)24-16(23)9-2-10(17)4-11(18)3-9/h2-8H,1H3,(H,21,22)/t8-/m0/s1. The third-order valence-electron chi connectivity index (χ3n) is 2.88. The van der Waals surface area contributed by atoms with Crippen molar-refractivity contribution in [1.29, 1.82) is 0 Å². The van der Waals surface area contributed by atoms with E-state index in [2.05, 4.69) is 5.32 Å². The van der Waals surface area contributed by atoms with Crippen molar-refractivity contribution in [2.75, 3.05) is 5.32 Å². The molecule has 2 aromatic rings. The van der Waals surface area contributed by atoms with E-state index in [0.29, 0.717) is 25.8 Å². The summed E-state index contributed by atoms with van der Waals surface area (Å²) in [5, 5.41) is 3.89. The van der Waals surface area contributed by atoms with Gasteiger partial charge in [0.15, 0.2) is 6.10 Å². The SMILES string of the molecule is C[C@H](OC(=O)c1cc(Cl)cc(Cl)c1)C(=O)Nc1cc(Cl)cc(Cl)c1. The number of hydrogen-bond acceptors (Lipinski definition) is 3. The number of esters is 1. The van der Waals surface area contributed by atoms with Crippen LogP contribution in [-0.2, 0) is 9.53 Å². The first-order valence-electron chi connectivity index (χ1n) is 6.68. The molecule has 0 spiro atoms. The zero-order valence-corrected chi connectivity index (χ0v) is 15.3. The summed E-state index contributed by atoms with van der Waals surface area (Å²) in [6.45, 7) is 1.44. The number of benzene rings is 2. The Morgan fingerprint density at radius 3 is 1.83 bits per heavy atom. The van der Waals surface area contributed by atoms with Crippen molar-refractivity contribution >= 4 is 64.0 Å². The van der Waals surface area contributed by atoms with Crippen molar-refractivity contribution < 1.29 is 14.3 Å². The Morgan fingerprint density at radius 2 is 1.33 bits per heavy atom. The Morgan fingerprint density at radius 1 is 0.875 bits per heavy atom. The summed E-state index contributed by atoms with van der Waals surface area (Å²) >= 11 is 23.4. The van der Waals surface area contributed by atoms with Crippen molar-refractivity contribution in [3.8, 4) is 0 Å². The van der Waals surface area contributed by atoms with Crippen LogP contribution in [0.15, 0.2) is 36.4 Å². The summed E-state index contributed by atoms with van der Waals surface area (Å²) in [7, 11) is 0. The van der Waals surface area contributed by atoms with Crippen LogP contribution in [0, 0.1) is 0 Å². The molecule has 1 amide bonds. The average molecular weight is 407 g/mol. The molecule has 0 aromatic heterocycles. The number of carbonyl (C=O) groups excluding carboxylic acids is 2. The Labute approximate surface area is 158 Å². The van der Waals surface area contributed by atoms with E-state index in [1.165, 1.54) is 43.3 Å². The number of ether oxygens (including phenoxy) is 1. The van der Waals surface area contributed by atoms with Crippen LogP contribution in [0.5, 0.6) is 0 Å². The van der Waals surface area contributed by atoms with Crippen molar-refractivity contribution in [2.45, 2.75) is 13.0 Å². The molecule has 0 aliphatic carbocycles. The van der Waals surface area contributed by atoms with Crippen LogP contribution in [0.2, 0.25) is 20.1 Å². The lowest BCUT2D eigenvalue weighted by molar-refractivity contribution is -0.123. The number of nitrogens with one attached hydrogen (secondary N) is 1. The van der Waals surface area contributed by atoms with Gasteiger partial charge in [-0.3, -0.25) is 4.79 Å². The smallest absolute Gasteiger partial charge is 0.339 e. The Bertz CT molecular complexity index is 754. The van der Waals surface area contributed by atoms with Crippen molar-refractivity contribution in [1.82, 2.24) is 0 Å². The predicted molar refractivity (Wildman–Crippen MR) is 96.4 cm³/mol. The third-order valence-corrected chi connectivity index (χ3v) is 3.75. The molecule has 1 atom stereocenters. The molecule has 2 aromatic carbocycles. The van der Waals surface area contributed by atoms with E-state index in [4.69, 9.17) is 51.1 Å². The highest BCUT2D eigenvalue weighted by atomic mass is 35.5. The van der Waals surface area contributed by atoms with Crippen LogP contribution >= 0.6 is 46.4 Å². The third kappa shape index (κ3) is 5.28. The van der Waals surface area contributed by atoms with E-state index in [-0.39, 0.29) is 5.56 Å². The van der Waals surface area contributed by atoms with Gasteiger partial charge in [0, 0.05) is 25.8 Å². The lowest BCUT2D eigenvalue weighted by Gasteiger charge is -2.14. The van der Waals surface area contributed by atoms with Gasteiger partial charge in [-0.2, -0.15) is 0 Å². The van der Waals surface area contributed by atoms with Gasteiger partial charge >= 0.3 is 5.97 Å². The molecule has 4 nitrogen and oxygen atoms in total. The molecule has 0 saturated carbocycles. The van der Waals surface area contributed by atoms with Gasteiger partial charge in [-0.05, 0) is 43.3 Å². The van der Waals surface area contributed by atoms with Crippen LogP contribution in [0.25, 0.3) is 0 Å². The number of amides is 1. The van der Waals surface area contributed by atoms with Gasteiger partial charge in [0.2, 0.25) is 0 Å². The van der Waals surface area contributed by atoms with Gasteiger partial charge in [0.1, 0.15) is 0 Å². The molecule has 24 heavy (non-hydrogen) atoms. The van der Waals surface area contributed by atoms with Crippen LogP contribution in [-0.4, -0.2) is 18.0 Å². The molecular formula is C16H11Cl4NO3. The summed E-state index contributed by atoms with van der Waals surface area (Å²) in [4.78, 5) is 24.2. The Balaban J connectivity index is 2.04. The summed E-state index contributed by atoms with van der Waals surface area (Å²) < 4.78 is 5.11. The molecule has 126 valence electrons. The van der Waals surface area contributed by atoms with Gasteiger partial charge < -0.3 is 10.1 Å². The van der Waals surface area contributed by atoms with E-state index in [9.17, 15) is 9.59 Å².